The number of carbonyl (C=O) groups excluding carboxylic acids is 2. The van der Waals surface area contributed by atoms with E-state index in [1.165, 1.54) is 30.6 Å². The number of thiophene rings is 1. The normalized spacial score (nSPS) is 32.0. The van der Waals surface area contributed by atoms with Crippen LogP contribution in [0.5, 0.6) is 0 Å². The summed E-state index contributed by atoms with van der Waals surface area (Å²) in [6.07, 6.45) is 5.51. The number of likely N-dealkylation sites (tertiary alicyclic amines) is 1. The first-order valence-electron chi connectivity index (χ1n) is 9.37. The first-order valence-corrected chi connectivity index (χ1v) is 10.2. The number of Topliss-reactive ketones (excluding diaryl/α,β-unsaturated/α-hetero) is 1. The van der Waals surface area contributed by atoms with Crippen molar-refractivity contribution in [2.45, 2.75) is 57.2 Å². The summed E-state index contributed by atoms with van der Waals surface area (Å²) in [7, 11) is 0. The maximum atomic E-state index is 12.6. The average molecular weight is 362 g/mol. The first-order chi connectivity index (χ1) is 12.1. The SMILES string of the molecule is CC(=O)c1cc(CC(=O)N[C@H]2[C@H]3CCO[C@H]3[C@@H]2N2CCCCC2)cs1. The van der Waals surface area contributed by atoms with Gasteiger partial charge in [-0.1, -0.05) is 6.42 Å². The van der Waals surface area contributed by atoms with Gasteiger partial charge in [-0.3, -0.25) is 14.5 Å². The number of hydrogen-bond donors (Lipinski definition) is 1. The van der Waals surface area contributed by atoms with Gasteiger partial charge < -0.3 is 10.1 Å². The summed E-state index contributed by atoms with van der Waals surface area (Å²) in [5.41, 5.74) is 0.931. The van der Waals surface area contributed by atoms with Gasteiger partial charge in [-0.05, 0) is 56.3 Å². The maximum absolute atomic E-state index is 12.6. The second-order valence-electron chi connectivity index (χ2n) is 7.52. The summed E-state index contributed by atoms with van der Waals surface area (Å²) in [4.78, 5) is 27.2. The minimum Gasteiger partial charge on any atom is -0.376 e. The highest BCUT2D eigenvalue weighted by Gasteiger charge is 2.56. The van der Waals surface area contributed by atoms with Crippen molar-refractivity contribution in [2.24, 2.45) is 5.92 Å². The zero-order valence-electron chi connectivity index (χ0n) is 14.7. The van der Waals surface area contributed by atoms with Crippen molar-refractivity contribution in [3.8, 4) is 0 Å². The van der Waals surface area contributed by atoms with E-state index in [1.54, 1.807) is 6.92 Å². The Kier molecular flexibility index (Phi) is 4.93. The van der Waals surface area contributed by atoms with E-state index in [0.29, 0.717) is 24.5 Å². The molecule has 5 nitrogen and oxygen atoms in total. The van der Waals surface area contributed by atoms with Crippen LogP contribution in [-0.2, 0) is 16.0 Å². The predicted octanol–water partition coefficient (Wildman–Crippen LogP) is 2.25. The monoisotopic (exact) mass is 362 g/mol. The van der Waals surface area contributed by atoms with Crippen LogP contribution in [-0.4, -0.2) is 54.5 Å². The Labute approximate surface area is 152 Å². The summed E-state index contributed by atoms with van der Waals surface area (Å²) in [5, 5.41) is 5.20. The molecular weight excluding hydrogens is 336 g/mol. The van der Waals surface area contributed by atoms with Gasteiger partial charge in [-0.15, -0.1) is 11.3 Å². The largest absolute Gasteiger partial charge is 0.376 e. The van der Waals surface area contributed by atoms with E-state index in [0.717, 1.165) is 36.6 Å². The number of nitrogens with zero attached hydrogens (tertiary/aromatic N) is 1. The van der Waals surface area contributed by atoms with Crippen molar-refractivity contribution in [2.75, 3.05) is 19.7 Å². The van der Waals surface area contributed by atoms with E-state index in [1.807, 2.05) is 11.4 Å². The summed E-state index contributed by atoms with van der Waals surface area (Å²) >= 11 is 1.42. The molecule has 2 aliphatic heterocycles. The Balaban J connectivity index is 1.39. The van der Waals surface area contributed by atoms with Gasteiger partial charge >= 0.3 is 0 Å². The molecule has 4 rings (SSSR count). The highest BCUT2D eigenvalue weighted by Crippen LogP contribution is 2.42. The maximum Gasteiger partial charge on any atom is 0.224 e. The van der Waals surface area contributed by atoms with E-state index in [9.17, 15) is 9.59 Å². The van der Waals surface area contributed by atoms with Crippen molar-refractivity contribution in [1.29, 1.82) is 0 Å². The van der Waals surface area contributed by atoms with Crippen LogP contribution in [0.1, 0.15) is 47.8 Å². The van der Waals surface area contributed by atoms with E-state index in [4.69, 9.17) is 4.74 Å². The summed E-state index contributed by atoms with van der Waals surface area (Å²) in [6, 6.07) is 2.40. The highest BCUT2D eigenvalue weighted by molar-refractivity contribution is 7.12. The molecule has 136 valence electrons. The molecule has 4 atom stereocenters. The fraction of sp³-hybridized carbons (Fsp3) is 0.684. The van der Waals surface area contributed by atoms with Crippen molar-refractivity contribution >= 4 is 23.0 Å². The lowest BCUT2D eigenvalue weighted by molar-refractivity contribution is -0.129. The van der Waals surface area contributed by atoms with Gasteiger partial charge in [-0.25, -0.2) is 0 Å². The lowest BCUT2D eigenvalue weighted by atomic mass is 9.70. The third kappa shape index (κ3) is 3.39. The number of amides is 1. The molecule has 3 fully saturated rings. The van der Waals surface area contributed by atoms with Crippen LogP contribution in [0, 0.1) is 5.92 Å². The van der Waals surface area contributed by atoms with Crippen molar-refractivity contribution < 1.29 is 14.3 Å². The Morgan fingerprint density at radius 3 is 2.84 bits per heavy atom. The Bertz CT molecular complexity index is 653. The Hall–Kier alpha value is -1.24. The molecule has 1 aliphatic carbocycles. The molecule has 3 heterocycles. The van der Waals surface area contributed by atoms with Crippen molar-refractivity contribution in [3.05, 3.63) is 21.9 Å². The molecule has 1 saturated carbocycles. The fourth-order valence-electron chi connectivity index (χ4n) is 4.60. The molecular formula is C19H26N2O3S. The molecule has 6 heteroatoms. The minimum absolute atomic E-state index is 0.0604. The quantitative estimate of drug-likeness (QED) is 0.816. The topological polar surface area (TPSA) is 58.6 Å². The average Bonchev–Trinajstić information content (AvgIpc) is 3.21. The van der Waals surface area contributed by atoms with E-state index >= 15 is 0 Å². The van der Waals surface area contributed by atoms with Crippen molar-refractivity contribution in [3.63, 3.8) is 0 Å². The molecule has 0 aromatic carbocycles. The van der Waals surface area contributed by atoms with Crippen LogP contribution in [0.4, 0.5) is 0 Å². The molecule has 1 N–H and O–H groups in total. The van der Waals surface area contributed by atoms with Gasteiger partial charge in [-0.2, -0.15) is 0 Å². The molecule has 1 amide bonds. The lowest BCUT2D eigenvalue weighted by Gasteiger charge is -2.53. The van der Waals surface area contributed by atoms with Gasteiger partial charge in [0.15, 0.2) is 5.78 Å². The predicted molar refractivity (Wildman–Crippen MR) is 97.0 cm³/mol. The number of fused-ring (bicyclic) bond motifs is 1. The molecule has 1 aromatic rings. The standard InChI is InChI=1S/C19H26N2O3S/c1-12(22)15-9-13(11-25-15)10-16(23)20-17-14-5-8-24-19(14)18(17)21-6-3-2-4-7-21/h9,11,14,17-19H,2-8,10H2,1H3,(H,20,23)/t14-,17+,18-,19-/m1/s1. The molecule has 1 aromatic heterocycles. The zero-order chi connectivity index (χ0) is 17.4. The van der Waals surface area contributed by atoms with Gasteiger partial charge in [0, 0.05) is 12.5 Å². The number of ketones is 1. The fourth-order valence-corrected chi connectivity index (χ4v) is 5.41. The number of carbonyl (C=O) groups is 2. The number of hydrogen-bond acceptors (Lipinski definition) is 5. The van der Waals surface area contributed by atoms with E-state index in [-0.39, 0.29) is 17.7 Å². The van der Waals surface area contributed by atoms with E-state index < -0.39 is 0 Å². The Morgan fingerprint density at radius 1 is 1.32 bits per heavy atom. The highest BCUT2D eigenvalue weighted by atomic mass is 32.1. The smallest absolute Gasteiger partial charge is 0.224 e. The molecule has 0 unspecified atom stereocenters. The Morgan fingerprint density at radius 2 is 2.12 bits per heavy atom. The first kappa shape index (κ1) is 17.2. The van der Waals surface area contributed by atoms with Crippen LogP contribution in [0.3, 0.4) is 0 Å². The second-order valence-corrected chi connectivity index (χ2v) is 8.43. The number of piperidine rings is 1. The molecule has 0 spiro atoms. The van der Waals surface area contributed by atoms with Gasteiger partial charge in [0.25, 0.3) is 0 Å². The molecule has 0 radical (unpaired) electrons. The van der Waals surface area contributed by atoms with Gasteiger partial charge in [0.05, 0.1) is 29.5 Å². The zero-order valence-corrected chi connectivity index (χ0v) is 15.5. The van der Waals surface area contributed by atoms with E-state index in [2.05, 4.69) is 10.2 Å². The number of rotatable bonds is 5. The van der Waals surface area contributed by atoms with Crippen LogP contribution < -0.4 is 5.32 Å². The van der Waals surface area contributed by atoms with Crippen LogP contribution in [0.15, 0.2) is 11.4 Å². The number of nitrogens with one attached hydrogen (secondary N) is 1. The summed E-state index contributed by atoms with van der Waals surface area (Å²) in [5.74, 6) is 0.586. The van der Waals surface area contributed by atoms with Crippen molar-refractivity contribution in [1.82, 2.24) is 10.2 Å². The van der Waals surface area contributed by atoms with Crippen LogP contribution in [0.25, 0.3) is 0 Å². The third-order valence-electron chi connectivity index (χ3n) is 5.85. The van der Waals surface area contributed by atoms with Gasteiger partial charge in [0.1, 0.15) is 0 Å². The minimum atomic E-state index is 0.0604. The molecule has 0 bridgehead atoms. The van der Waals surface area contributed by atoms with Crippen LogP contribution >= 0.6 is 11.3 Å². The second kappa shape index (κ2) is 7.17. The third-order valence-corrected chi connectivity index (χ3v) is 6.93. The summed E-state index contributed by atoms with van der Waals surface area (Å²) in [6.45, 7) is 4.62. The molecule has 2 saturated heterocycles. The lowest BCUT2D eigenvalue weighted by Crippen LogP contribution is -2.71. The van der Waals surface area contributed by atoms with Crippen LogP contribution in [0.2, 0.25) is 0 Å². The summed E-state index contributed by atoms with van der Waals surface area (Å²) < 4.78 is 5.95. The molecule has 3 aliphatic rings. The number of ether oxygens (including phenoxy) is 1. The molecule has 25 heavy (non-hydrogen) atoms. The van der Waals surface area contributed by atoms with Gasteiger partial charge in [0.2, 0.25) is 5.91 Å².